The molecule has 2 aromatic carbocycles. The van der Waals surface area contributed by atoms with Gasteiger partial charge in [0.2, 0.25) is 47.8 Å². The van der Waals surface area contributed by atoms with Gasteiger partial charge in [-0.05, 0) is 87.1 Å². The van der Waals surface area contributed by atoms with Crippen molar-refractivity contribution in [2.45, 2.75) is 136 Å². The fourth-order valence-electron chi connectivity index (χ4n) is 10.7. The van der Waals surface area contributed by atoms with Gasteiger partial charge in [-0.3, -0.25) is 43.2 Å². The van der Waals surface area contributed by atoms with Gasteiger partial charge in [-0.25, -0.2) is 9.78 Å². The highest BCUT2D eigenvalue weighted by Crippen LogP contribution is 2.27. The second-order valence-electron chi connectivity index (χ2n) is 23.6. The molecule has 0 saturated carbocycles. The number of nitrogens with one attached hydrogen (secondary N) is 3. The number of carbonyl (C=O) groups excluding carboxylic acids is 10. The van der Waals surface area contributed by atoms with Crippen LogP contribution >= 0.6 is 0 Å². The molecule has 2 fully saturated rings. The number of aromatic nitrogens is 1. The standard InChI is InChI=1S/C62H89N11O12/c1-13-41(4)55(66-57(79)49-23-18-26-73(49)59(81)50(69(11)39-74)34-45-21-17-22-46(33-45)47-24-25-51(63-35-47)72-29-27-71(28-30-72)43(6)75)60(82)68(10)37-53(77)65-48(31-40(2)3)58(80)70(12)56(62(7,8)84)61(83)85-38-54(78)67(9)36-52(76)64-42(5)32-44-19-15-14-16-20-44/h14-17,19-22,24-25,33,35,39-42,48-50,55-56,84H,13,18,23,26-32,34,36-38H2,1-12H3,(H,64,76)(H,65,77)(H,66,79). The maximum absolute atomic E-state index is 14.5. The third-order valence-electron chi connectivity index (χ3n) is 15.7. The molecule has 2 aliphatic heterocycles. The molecule has 5 rings (SSSR count). The summed E-state index contributed by atoms with van der Waals surface area (Å²) in [6.07, 6.45) is 4.41. The Balaban J connectivity index is 1.19. The van der Waals surface area contributed by atoms with Gasteiger partial charge in [0.25, 0.3) is 5.91 Å². The Hall–Kier alpha value is -7.95. The topological polar surface area (TPSA) is 272 Å². The molecule has 85 heavy (non-hydrogen) atoms. The predicted octanol–water partition coefficient (Wildman–Crippen LogP) is 2.27. The van der Waals surface area contributed by atoms with Crippen LogP contribution < -0.4 is 20.9 Å². The van der Waals surface area contributed by atoms with Crippen LogP contribution in [0.4, 0.5) is 5.82 Å². The maximum atomic E-state index is 14.5. The fraction of sp³-hybridized carbons (Fsp3) is 0.565. The number of aliphatic hydroxyl groups is 1. The Bertz CT molecular complexity index is 2800. The van der Waals surface area contributed by atoms with Gasteiger partial charge in [0.05, 0.1) is 18.7 Å². The number of likely N-dealkylation sites (N-methyl/N-ethyl adjacent to an activating group) is 4. The van der Waals surface area contributed by atoms with Crippen molar-refractivity contribution in [3.63, 3.8) is 0 Å². The molecule has 7 atom stereocenters. The van der Waals surface area contributed by atoms with Crippen LogP contribution in [0.25, 0.3) is 11.1 Å². The van der Waals surface area contributed by atoms with E-state index in [2.05, 4.69) is 20.9 Å². The average Bonchev–Trinajstić information content (AvgIpc) is 2.86. The van der Waals surface area contributed by atoms with Gasteiger partial charge in [0.1, 0.15) is 30.0 Å². The number of hydrogen-bond donors (Lipinski definition) is 4. The van der Waals surface area contributed by atoms with E-state index in [9.17, 15) is 53.1 Å². The number of hydrogen-bond acceptors (Lipinski definition) is 14. The number of pyridine rings is 1. The number of likely N-dealkylation sites (tertiary alicyclic amines) is 1. The second kappa shape index (κ2) is 31.3. The molecule has 0 bridgehead atoms. The minimum Gasteiger partial charge on any atom is -0.454 e. The summed E-state index contributed by atoms with van der Waals surface area (Å²) in [7, 11) is 5.54. The number of anilines is 1. The first-order valence-electron chi connectivity index (χ1n) is 29.2. The van der Waals surface area contributed by atoms with E-state index in [1.165, 1.54) is 51.8 Å². The van der Waals surface area contributed by atoms with E-state index in [-0.39, 0.29) is 43.8 Å². The van der Waals surface area contributed by atoms with E-state index in [0.717, 1.165) is 42.8 Å². The summed E-state index contributed by atoms with van der Waals surface area (Å²) in [5, 5.41) is 19.6. The van der Waals surface area contributed by atoms with Gasteiger partial charge in [-0.1, -0.05) is 88.7 Å². The lowest BCUT2D eigenvalue weighted by molar-refractivity contribution is -0.167. The first kappa shape index (κ1) is 67.8. The molecule has 7 unspecified atom stereocenters. The van der Waals surface area contributed by atoms with Gasteiger partial charge in [-0.2, -0.15) is 0 Å². The van der Waals surface area contributed by atoms with Crippen molar-refractivity contribution in [1.29, 1.82) is 0 Å². The molecular formula is C62H89N11O12. The van der Waals surface area contributed by atoms with Crippen LogP contribution in [0.1, 0.15) is 92.2 Å². The minimum absolute atomic E-state index is 0.0501. The Morgan fingerprint density at radius 1 is 0.776 bits per heavy atom. The quantitative estimate of drug-likeness (QED) is 0.0601. The number of piperazine rings is 1. The monoisotopic (exact) mass is 1180 g/mol. The highest BCUT2D eigenvalue weighted by Gasteiger charge is 2.44. The summed E-state index contributed by atoms with van der Waals surface area (Å²) in [5.74, 6) is -5.10. The third-order valence-corrected chi connectivity index (χ3v) is 15.7. The molecule has 2 saturated heterocycles. The first-order chi connectivity index (χ1) is 40.1. The Kier molecular flexibility index (Phi) is 25.0. The zero-order valence-corrected chi connectivity index (χ0v) is 51.5. The summed E-state index contributed by atoms with van der Waals surface area (Å²) in [6, 6.07) is 14.9. The molecule has 1 aromatic heterocycles. The molecule has 2 aliphatic rings. The number of amides is 9. The highest BCUT2D eigenvalue weighted by atomic mass is 16.5. The van der Waals surface area contributed by atoms with Crippen molar-refractivity contribution in [1.82, 2.24) is 50.3 Å². The summed E-state index contributed by atoms with van der Waals surface area (Å²) in [5.41, 5.74) is 1.59. The fourth-order valence-corrected chi connectivity index (χ4v) is 10.7. The summed E-state index contributed by atoms with van der Waals surface area (Å²) >= 11 is 0. The van der Waals surface area contributed by atoms with Gasteiger partial charge in [-0.15, -0.1) is 0 Å². The number of esters is 1. The van der Waals surface area contributed by atoms with Crippen molar-refractivity contribution in [3.05, 3.63) is 84.1 Å². The third kappa shape index (κ3) is 19.3. The SMILES string of the molecule is CCC(C)C(NC(=O)C1CCCN1C(=O)C(Cc1cccc(-c2ccc(N3CCN(C(C)=O)CC3)nc2)c1)N(C)C=O)C(=O)N(C)CC(=O)NC(CC(C)C)C(=O)N(C)C(C(=O)OCC(=O)N(C)CC(=O)NC(C)Cc1ccccc1)C(C)(C)O. The molecule has 0 aliphatic carbocycles. The zero-order valence-electron chi connectivity index (χ0n) is 51.5. The lowest BCUT2D eigenvalue weighted by Crippen LogP contribution is -2.60. The number of ether oxygens (including phenoxy) is 1. The molecule has 3 heterocycles. The Morgan fingerprint density at radius 2 is 1.42 bits per heavy atom. The smallest absolute Gasteiger partial charge is 0.332 e. The molecule has 0 spiro atoms. The summed E-state index contributed by atoms with van der Waals surface area (Å²) in [4.78, 5) is 150. The molecule has 9 amide bonds. The summed E-state index contributed by atoms with van der Waals surface area (Å²) < 4.78 is 5.34. The molecule has 23 heteroatoms. The zero-order chi connectivity index (χ0) is 62.9. The average molecular weight is 1180 g/mol. The van der Waals surface area contributed by atoms with Gasteiger partial charge in [0, 0.05) is 92.1 Å². The van der Waals surface area contributed by atoms with E-state index in [4.69, 9.17) is 9.72 Å². The molecular weight excluding hydrogens is 1090 g/mol. The van der Waals surface area contributed by atoms with Gasteiger partial charge < -0.3 is 60.1 Å². The second-order valence-corrected chi connectivity index (χ2v) is 23.6. The lowest BCUT2D eigenvalue weighted by atomic mass is 9.95. The van der Waals surface area contributed by atoms with E-state index < -0.39 is 102 Å². The maximum Gasteiger partial charge on any atom is 0.332 e. The van der Waals surface area contributed by atoms with Crippen LogP contribution in [0.3, 0.4) is 0 Å². The number of carbonyl (C=O) groups is 10. The van der Waals surface area contributed by atoms with E-state index in [1.807, 2.05) is 99.3 Å². The Morgan fingerprint density at radius 3 is 2.02 bits per heavy atom. The van der Waals surface area contributed by atoms with Crippen LogP contribution in [-0.2, 0) is 65.5 Å². The molecule has 0 radical (unpaired) electrons. The van der Waals surface area contributed by atoms with Crippen LogP contribution in [0.2, 0.25) is 0 Å². The van der Waals surface area contributed by atoms with Crippen LogP contribution in [0.5, 0.6) is 0 Å². The molecule has 3 aromatic rings. The van der Waals surface area contributed by atoms with Crippen molar-refractivity contribution in [2.75, 3.05) is 85.5 Å². The molecule has 23 nitrogen and oxygen atoms in total. The first-order valence-corrected chi connectivity index (χ1v) is 29.2. The number of benzene rings is 2. The highest BCUT2D eigenvalue weighted by molar-refractivity contribution is 5.96. The van der Waals surface area contributed by atoms with E-state index >= 15 is 0 Å². The number of nitrogens with zero attached hydrogens (tertiary/aromatic N) is 8. The van der Waals surface area contributed by atoms with Crippen LogP contribution in [0.15, 0.2) is 72.9 Å². The van der Waals surface area contributed by atoms with Crippen LogP contribution in [0, 0.1) is 11.8 Å². The molecule has 4 N–H and O–H groups in total. The van der Waals surface area contributed by atoms with Gasteiger partial charge >= 0.3 is 5.97 Å². The van der Waals surface area contributed by atoms with Crippen molar-refractivity contribution >= 4 is 65.5 Å². The lowest BCUT2D eigenvalue weighted by Gasteiger charge is -2.37. The van der Waals surface area contributed by atoms with Crippen LogP contribution in [-0.4, -0.2) is 222 Å². The molecule has 464 valence electrons. The largest absolute Gasteiger partial charge is 0.454 e. The Labute approximate surface area is 500 Å². The van der Waals surface area contributed by atoms with Crippen molar-refractivity contribution in [3.8, 4) is 11.1 Å². The van der Waals surface area contributed by atoms with Gasteiger partial charge in [0.15, 0.2) is 12.6 Å². The predicted molar refractivity (Wildman–Crippen MR) is 320 cm³/mol. The summed E-state index contributed by atoms with van der Waals surface area (Å²) in [6.45, 7) is 14.4. The van der Waals surface area contributed by atoms with Crippen molar-refractivity contribution < 1.29 is 57.8 Å². The van der Waals surface area contributed by atoms with E-state index in [0.29, 0.717) is 58.3 Å². The number of rotatable bonds is 28. The minimum atomic E-state index is -1.91. The van der Waals surface area contributed by atoms with E-state index in [1.54, 1.807) is 20.0 Å². The van der Waals surface area contributed by atoms with Crippen molar-refractivity contribution in [2.24, 2.45) is 11.8 Å². The normalized spacial score (nSPS) is 16.4.